The van der Waals surface area contributed by atoms with Crippen LogP contribution < -0.4 is 0 Å². The van der Waals surface area contributed by atoms with Crippen molar-refractivity contribution < 1.29 is 13.9 Å². The Morgan fingerprint density at radius 1 is 1.56 bits per heavy atom. The second kappa shape index (κ2) is 4.43. The van der Waals surface area contributed by atoms with E-state index < -0.39 is 0 Å². The zero-order valence-electron chi connectivity index (χ0n) is 9.00. The maximum Gasteiger partial charge on any atom is 0.311 e. The van der Waals surface area contributed by atoms with E-state index in [0.29, 0.717) is 18.9 Å². The fraction of sp³-hybridized carbons (Fsp3) is 0.333. The second-order valence-corrected chi connectivity index (χ2v) is 3.55. The van der Waals surface area contributed by atoms with E-state index in [-0.39, 0.29) is 18.2 Å². The first kappa shape index (κ1) is 10.8. The van der Waals surface area contributed by atoms with Gasteiger partial charge in [0.1, 0.15) is 5.82 Å². The summed E-state index contributed by atoms with van der Waals surface area (Å²) in [5, 5.41) is 0. The maximum atomic E-state index is 13.0. The molecule has 4 heteroatoms. The van der Waals surface area contributed by atoms with Gasteiger partial charge in [-0.15, -0.1) is 0 Å². The van der Waals surface area contributed by atoms with E-state index in [1.165, 1.54) is 12.1 Å². The van der Waals surface area contributed by atoms with Crippen LogP contribution in [0.25, 0.3) is 0 Å². The number of carbonyl (C=O) groups excluding carboxylic acids is 1. The summed E-state index contributed by atoms with van der Waals surface area (Å²) < 4.78 is 17.9. The van der Waals surface area contributed by atoms with Crippen LogP contribution in [0.1, 0.15) is 24.5 Å². The van der Waals surface area contributed by atoms with E-state index in [9.17, 15) is 9.18 Å². The lowest BCUT2D eigenvalue weighted by atomic mass is 10.0. The molecule has 1 aliphatic rings. The summed E-state index contributed by atoms with van der Waals surface area (Å²) in [4.78, 5) is 15.5. The van der Waals surface area contributed by atoms with Gasteiger partial charge in [-0.25, -0.2) is 4.39 Å². The number of fused-ring (bicyclic) bond motifs is 1. The number of ether oxygens (including phenoxy) is 1. The predicted molar refractivity (Wildman–Crippen MR) is 57.9 cm³/mol. The van der Waals surface area contributed by atoms with E-state index in [1.807, 2.05) is 0 Å². The second-order valence-electron chi connectivity index (χ2n) is 3.55. The van der Waals surface area contributed by atoms with Gasteiger partial charge in [-0.3, -0.25) is 9.79 Å². The number of benzene rings is 1. The van der Waals surface area contributed by atoms with Crippen molar-refractivity contribution in [1.29, 1.82) is 0 Å². The van der Waals surface area contributed by atoms with Crippen molar-refractivity contribution in [1.82, 2.24) is 0 Å². The first-order valence-electron chi connectivity index (χ1n) is 5.18. The standard InChI is InChI=1S/C12H12FNO2/c1-2-16-12(15)6-11-10-5-9(13)4-3-8(10)7-14-11/h3-5H,2,6-7H2,1H3. The molecule has 2 rings (SSSR count). The van der Waals surface area contributed by atoms with Crippen molar-refractivity contribution in [3.63, 3.8) is 0 Å². The van der Waals surface area contributed by atoms with Crippen molar-refractivity contribution in [2.75, 3.05) is 6.61 Å². The fourth-order valence-corrected chi connectivity index (χ4v) is 1.72. The summed E-state index contributed by atoms with van der Waals surface area (Å²) >= 11 is 0. The van der Waals surface area contributed by atoms with Crippen LogP contribution in [0.2, 0.25) is 0 Å². The molecule has 0 unspecified atom stereocenters. The summed E-state index contributed by atoms with van der Waals surface area (Å²) in [6.07, 6.45) is 0.115. The van der Waals surface area contributed by atoms with Gasteiger partial charge >= 0.3 is 5.97 Å². The van der Waals surface area contributed by atoms with Crippen molar-refractivity contribution in [3.05, 3.63) is 35.1 Å². The van der Waals surface area contributed by atoms with Gasteiger partial charge < -0.3 is 4.74 Å². The van der Waals surface area contributed by atoms with Gasteiger partial charge in [0.15, 0.2) is 0 Å². The summed E-state index contributed by atoms with van der Waals surface area (Å²) in [7, 11) is 0. The van der Waals surface area contributed by atoms with Crippen molar-refractivity contribution in [2.24, 2.45) is 4.99 Å². The molecule has 0 atom stereocenters. The van der Waals surface area contributed by atoms with Crippen LogP contribution in [-0.2, 0) is 16.1 Å². The molecule has 3 nitrogen and oxygen atoms in total. The lowest BCUT2D eigenvalue weighted by Gasteiger charge is -2.03. The maximum absolute atomic E-state index is 13.0. The Morgan fingerprint density at radius 2 is 2.38 bits per heavy atom. The van der Waals surface area contributed by atoms with Gasteiger partial charge in [-0.1, -0.05) is 6.07 Å². The van der Waals surface area contributed by atoms with Crippen LogP contribution >= 0.6 is 0 Å². The molecule has 0 aliphatic carbocycles. The first-order valence-corrected chi connectivity index (χ1v) is 5.18. The molecular weight excluding hydrogens is 209 g/mol. The number of halogens is 1. The minimum atomic E-state index is -0.321. The molecule has 1 aromatic carbocycles. The number of aliphatic imine (C=N–C) groups is 1. The predicted octanol–water partition coefficient (Wildman–Crippen LogP) is 2.08. The molecule has 0 fully saturated rings. The van der Waals surface area contributed by atoms with Gasteiger partial charge in [-0.05, 0) is 24.6 Å². The average molecular weight is 221 g/mol. The number of esters is 1. The summed E-state index contributed by atoms with van der Waals surface area (Å²) in [6, 6.07) is 4.52. The van der Waals surface area contributed by atoms with E-state index >= 15 is 0 Å². The van der Waals surface area contributed by atoms with Crippen molar-refractivity contribution in [2.45, 2.75) is 19.9 Å². The van der Waals surface area contributed by atoms with Crippen LogP contribution in [0, 0.1) is 5.82 Å². The van der Waals surface area contributed by atoms with Crippen LogP contribution in [0.5, 0.6) is 0 Å². The Morgan fingerprint density at radius 3 is 3.12 bits per heavy atom. The van der Waals surface area contributed by atoms with Gasteiger partial charge in [-0.2, -0.15) is 0 Å². The van der Waals surface area contributed by atoms with E-state index in [1.54, 1.807) is 13.0 Å². The molecule has 1 aromatic rings. The molecule has 1 heterocycles. The van der Waals surface area contributed by atoms with Crippen LogP contribution in [0.4, 0.5) is 4.39 Å². The summed E-state index contributed by atoms with van der Waals surface area (Å²) in [5.74, 6) is -0.629. The molecule has 84 valence electrons. The minimum absolute atomic E-state index is 0.115. The Kier molecular flexibility index (Phi) is 2.99. The average Bonchev–Trinajstić information content (AvgIpc) is 2.61. The van der Waals surface area contributed by atoms with E-state index in [4.69, 9.17) is 4.74 Å². The first-order chi connectivity index (χ1) is 7.70. The number of hydrogen-bond donors (Lipinski definition) is 0. The molecule has 0 saturated carbocycles. The van der Waals surface area contributed by atoms with Gasteiger partial charge in [0.2, 0.25) is 0 Å². The molecule has 0 aromatic heterocycles. The minimum Gasteiger partial charge on any atom is -0.466 e. The fourth-order valence-electron chi connectivity index (χ4n) is 1.72. The number of carbonyl (C=O) groups is 1. The van der Waals surface area contributed by atoms with Crippen molar-refractivity contribution in [3.8, 4) is 0 Å². The van der Waals surface area contributed by atoms with E-state index in [2.05, 4.69) is 4.99 Å². The molecule has 0 spiro atoms. The summed E-state index contributed by atoms with van der Waals surface area (Å²) in [5.41, 5.74) is 2.31. The highest BCUT2D eigenvalue weighted by molar-refractivity contribution is 6.11. The van der Waals surface area contributed by atoms with Crippen LogP contribution in [0.3, 0.4) is 0 Å². The highest BCUT2D eigenvalue weighted by atomic mass is 19.1. The molecule has 0 N–H and O–H groups in total. The third-order valence-electron chi connectivity index (χ3n) is 2.44. The zero-order chi connectivity index (χ0) is 11.5. The summed E-state index contributed by atoms with van der Waals surface area (Å²) in [6.45, 7) is 2.62. The quantitative estimate of drug-likeness (QED) is 0.733. The van der Waals surface area contributed by atoms with Gasteiger partial charge in [0, 0.05) is 5.56 Å². The highest BCUT2D eigenvalue weighted by Crippen LogP contribution is 2.21. The monoisotopic (exact) mass is 221 g/mol. The number of nitrogens with zero attached hydrogens (tertiary/aromatic N) is 1. The normalized spacial score (nSPS) is 13.2. The van der Waals surface area contributed by atoms with Crippen LogP contribution in [0.15, 0.2) is 23.2 Å². The molecule has 16 heavy (non-hydrogen) atoms. The topological polar surface area (TPSA) is 38.7 Å². The van der Waals surface area contributed by atoms with Gasteiger partial charge in [0.05, 0.1) is 25.3 Å². The third kappa shape index (κ3) is 2.10. The largest absolute Gasteiger partial charge is 0.466 e. The number of hydrogen-bond acceptors (Lipinski definition) is 3. The Balaban J connectivity index is 2.16. The van der Waals surface area contributed by atoms with E-state index in [0.717, 1.165) is 11.1 Å². The lowest BCUT2D eigenvalue weighted by Crippen LogP contribution is -2.11. The Hall–Kier alpha value is -1.71. The molecule has 0 amide bonds. The molecule has 0 bridgehead atoms. The van der Waals surface area contributed by atoms with Crippen molar-refractivity contribution >= 4 is 11.7 Å². The lowest BCUT2D eigenvalue weighted by molar-refractivity contribution is -0.141. The molecule has 0 saturated heterocycles. The van der Waals surface area contributed by atoms with Gasteiger partial charge in [0.25, 0.3) is 0 Å². The molecular formula is C12H12FNO2. The zero-order valence-corrected chi connectivity index (χ0v) is 9.00. The third-order valence-corrected chi connectivity index (χ3v) is 2.44. The van der Waals surface area contributed by atoms with Crippen LogP contribution in [-0.4, -0.2) is 18.3 Å². The smallest absolute Gasteiger partial charge is 0.311 e. The number of rotatable bonds is 3. The molecule has 0 radical (unpaired) electrons. The Labute approximate surface area is 93.0 Å². The SMILES string of the molecule is CCOC(=O)CC1=NCc2ccc(F)cc21. The highest BCUT2D eigenvalue weighted by Gasteiger charge is 2.19. The Bertz CT molecular complexity index is 454. The molecule has 1 aliphatic heterocycles.